The fourth-order valence-electron chi connectivity index (χ4n) is 2.68. The Morgan fingerprint density at radius 2 is 2.00 bits per heavy atom. The van der Waals surface area contributed by atoms with Gasteiger partial charge in [0.15, 0.2) is 0 Å². The molecule has 2 heterocycles. The molecule has 2 aromatic carbocycles. The first kappa shape index (κ1) is 12.8. The number of rotatable bonds is 2. The number of nitrogens with zero attached hydrogens (tertiary/aromatic N) is 1. The lowest BCUT2D eigenvalue weighted by atomic mass is 9.96. The van der Waals surface area contributed by atoms with E-state index in [-0.39, 0.29) is 11.7 Å². The number of nitrogens with one attached hydrogen (secondary N) is 1. The van der Waals surface area contributed by atoms with E-state index in [1.54, 1.807) is 6.07 Å². The maximum absolute atomic E-state index is 13.6. The monoisotopic (exact) mass is 294 g/mol. The number of hydrogen-bond donors (Lipinski definition) is 1. The maximum atomic E-state index is 13.6. The van der Waals surface area contributed by atoms with E-state index in [1.165, 1.54) is 24.6 Å². The van der Waals surface area contributed by atoms with Crippen LogP contribution in [0.2, 0.25) is 0 Å². The number of aromatic nitrogens is 1. The molecule has 1 aliphatic heterocycles. The van der Waals surface area contributed by atoms with E-state index in [1.807, 2.05) is 18.2 Å². The van der Waals surface area contributed by atoms with Crippen LogP contribution < -0.4 is 5.32 Å². The highest BCUT2D eigenvalue weighted by Crippen LogP contribution is 2.33. The minimum Gasteiger partial charge on any atom is -0.445 e. The lowest BCUT2D eigenvalue weighted by Crippen LogP contribution is -2.12. The first-order valence-corrected chi connectivity index (χ1v) is 6.83. The standard InChI is InChI=1S/C17H11FN2O2/c18-12-3-4-13(15(8-12)17-19-5-6-22-17)10-1-2-11-9-20-16(21)14(11)7-10/h1-8H,9H2,(H,20,21). The highest BCUT2D eigenvalue weighted by atomic mass is 19.1. The fraction of sp³-hybridized carbons (Fsp3) is 0.0588. The van der Waals surface area contributed by atoms with Gasteiger partial charge in [0.1, 0.15) is 12.1 Å². The first-order valence-electron chi connectivity index (χ1n) is 6.83. The van der Waals surface area contributed by atoms with E-state index in [0.29, 0.717) is 23.6 Å². The lowest BCUT2D eigenvalue weighted by Gasteiger charge is -2.08. The topological polar surface area (TPSA) is 55.1 Å². The lowest BCUT2D eigenvalue weighted by molar-refractivity contribution is 0.0966. The third-order valence-electron chi connectivity index (χ3n) is 3.75. The highest BCUT2D eigenvalue weighted by Gasteiger charge is 2.20. The van der Waals surface area contributed by atoms with Gasteiger partial charge in [0.05, 0.1) is 6.20 Å². The molecule has 0 aliphatic carbocycles. The molecular formula is C17H11FN2O2. The largest absolute Gasteiger partial charge is 0.445 e. The zero-order valence-electron chi connectivity index (χ0n) is 11.5. The third-order valence-corrected chi connectivity index (χ3v) is 3.75. The van der Waals surface area contributed by atoms with Gasteiger partial charge in [0.25, 0.3) is 5.91 Å². The summed E-state index contributed by atoms with van der Waals surface area (Å²) in [5.41, 5.74) is 3.77. The quantitative estimate of drug-likeness (QED) is 0.788. The fourth-order valence-corrected chi connectivity index (χ4v) is 2.68. The van der Waals surface area contributed by atoms with Crippen LogP contribution in [0.25, 0.3) is 22.6 Å². The highest BCUT2D eigenvalue weighted by molar-refractivity contribution is 6.00. The predicted molar refractivity (Wildman–Crippen MR) is 78.5 cm³/mol. The molecule has 1 amide bonds. The molecule has 3 aromatic rings. The van der Waals surface area contributed by atoms with Gasteiger partial charge in [-0.15, -0.1) is 0 Å². The van der Waals surface area contributed by atoms with Crippen molar-refractivity contribution in [1.29, 1.82) is 0 Å². The van der Waals surface area contributed by atoms with Crippen LogP contribution in [0.4, 0.5) is 4.39 Å². The molecule has 0 bridgehead atoms. The van der Waals surface area contributed by atoms with E-state index >= 15 is 0 Å². The van der Waals surface area contributed by atoms with Crippen LogP contribution in [0.1, 0.15) is 15.9 Å². The van der Waals surface area contributed by atoms with E-state index < -0.39 is 0 Å². The molecule has 1 N–H and O–H groups in total. The number of fused-ring (bicyclic) bond motifs is 1. The number of benzene rings is 2. The first-order chi connectivity index (χ1) is 10.7. The number of halogens is 1. The molecule has 0 spiro atoms. The minimum absolute atomic E-state index is 0.0864. The van der Waals surface area contributed by atoms with Gasteiger partial charge in [-0.25, -0.2) is 9.37 Å². The van der Waals surface area contributed by atoms with E-state index in [0.717, 1.165) is 16.7 Å². The van der Waals surface area contributed by atoms with Crippen molar-refractivity contribution in [2.75, 3.05) is 0 Å². The molecule has 0 atom stereocenters. The number of amides is 1. The number of carbonyl (C=O) groups is 1. The molecule has 1 aromatic heterocycles. The van der Waals surface area contributed by atoms with Crippen LogP contribution >= 0.6 is 0 Å². The predicted octanol–water partition coefficient (Wildman–Crippen LogP) is 3.39. The Kier molecular flexibility index (Phi) is 2.79. The van der Waals surface area contributed by atoms with Crippen molar-refractivity contribution in [3.63, 3.8) is 0 Å². The molecule has 1 aliphatic rings. The summed E-state index contributed by atoms with van der Waals surface area (Å²) in [6.45, 7) is 0.546. The molecular weight excluding hydrogens is 283 g/mol. The summed E-state index contributed by atoms with van der Waals surface area (Å²) in [7, 11) is 0. The van der Waals surface area contributed by atoms with Gasteiger partial charge in [-0.1, -0.05) is 18.2 Å². The normalized spacial score (nSPS) is 13.0. The van der Waals surface area contributed by atoms with Crippen molar-refractivity contribution < 1.29 is 13.6 Å². The summed E-state index contributed by atoms with van der Waals surface area (Å²) < 4.78 is 18.9. The van der Waals surface area contributed by atoms with E-state index in [2.05, 4.69) is 10.3 Å². The zero-order valence-corrected chi connectivity index (χ0v) is 11.5. The van der Waals surface area contributed by atoms with Crippen LogP contribution in [0.3, 0.4) is 0 Å². The van der Waals surface area contributed by atoms with Crippen LogP contribution in [0, 0.1) is 5.82 Å². The van der Waals surface area contributed by atoms with Crippen molar-refractivity contribution >= 4 is 5.91 Å². The van der Waals surface area contributed by atoms with Gasteiger partial charge in [-0.2, -0.15) is 0 Å². The van der Waals surface area contributed by atoms with Gasteiger partial charge in [0, 0.05) is 17.7 Å². The Balaban J connectivity index is 1.90. The van der Waals surface area contributed by atoms with Gasteiger partial charge >= 0.3 is 0 Å². The summed E-state index contributed by atoms with van der Waals surface area (Å²) in [5, 5.41) is 2.79. The second-order valence-corrected chi connectivity index (χ2v) is 5.08. The summed E-state index contributed by atoms with van der Waals surface area (Å²) >= 11 is 0. The SMILES string of the molecule is O=C1NCc2ccc(-c3ccc(F)cc3-c3ncco3)cc21. The molecule has 0 saturated heterocycles. The molecule has 0 unspecified atom stereocenters. The zero-order chi connectivity index (χ0) is 15.1. The summed E-state index contributed by atoms with van der Waals surface area (Å²) in [6, 6.07) is 10.1. The summed E-state index contributed by atoms with van der Waals surface area (Å²) in [6.07, 6.45) is 2.96. The maximum Gasteiger partial charge on any atom is 0.251 e. The molecule has 4 rings (SSSR count). The Hall–Kier alpha value is -2.95. The van der Waals surface area contributed by atoms with Crippen molar-refractivity contribution in [3.05, 3.63) is 65.8 Å². The van der Waals surface area contributed by atoms with Crippen LogP contribution in [-0.2, 0) is 6.54 Å². The second-order valence-electron chi connectivity index (χ2n) is 5.08. The molecule has 0 radical (unpaired) electrons. The van der Waals surface area contributed by atoms with Crippen molar-refractivity contribution in [1.82, 2.24) is 10.3 Å². The van der Waals surface area contributed by atoms with Gasteiger partial charge in [-0.05, 0) is 34.9 Å². The van der Waals surface area contributed by atoms with Crippen LogP contribution in [-0.4, -0.2) is 10.9 Å². The second kappa shape index (κ2) is 4.80. The minimum atomic E-state index is -0.365. The average Bonchev–Trinajstić information content (AvgIpc) is 3.17. The summed E-state index contributed by atoms with van der Waals surface area (Å²) in [5.74, 6) is -0.105. The van der Waals surface area contributed by atoms with Gasteiger partial charge in [0.2, 0.25) is 5.89 Å². The van der Waals surface area contributed by atoms with Gasteiger partial charge < -0.3 is 9.73 Å². The van der Waals surface area contributed by atoms with Crippen molar-refractivity contribution in [2.45, 2.75) is 6.54 Å². The Morgan fingerprint density at radius 1 is 1.09 bits per heavy atom. The third kappa shape index (κ3) is 1.98. The van der Waals surface area contributed by atoms with E-state index in [9.17, 15) is 9.18 Å². The number of carbonyl (C=O) groups excluding carboxylic acids is 1. The molecule has 22 heavy (non-hydrogen) atoms. The van der Waals surface area contributed by atoms with E-state index in [4.69, 9.17) is 4.42 Å². The van der Waals surface area contributed by atoms with Gasteiger partial charge in [-0.3, -0.25) is 4.79 Å². The van der Waals surface area contributed by atoms with Crippen LogP contribution in [0.15, 0.2) is 53.3 Å². The van der Waals surface area contributed by atoms with Crippen molar-refractivity contribution in [2.24, 2.45) is 0 Å². The molecule has 0 saturated carbocycles. The van der Waals surface area contributed by atoms with Crippen molar-refractivity contribution in [3.8, 4) is 22.6 Å². The summed E-state index contributed by atoms with van der Waals surface area (Å²) in [4.78, 5) is 15.9. The molecule has 4 nitrogen and oxygen atoms in total. The average molecular weight is 294 g/mol. The molecule has 108 valence electrons. The number of oxazole rings is 1. The smallest absolute Gasteiger partial charge is 0.251 e. The molecule has 0 fully saturated rings. The molecule has 5 heteroatoms. The Morgan fingerprint density at radius 3 is 2.82 bits per heavy atom. The van der Waals surface area contributed by atoms with Crippen LogP contribution in [0.5, 0.6) is 0 Å². The Labute approximate surface area is 125 Å². The number of hydrogen-bond acceptors (Lipinski definition) is 3. The Bertz CT molecular complexity index is 872.